The number of allylic oxidation sites excluding steroid dienone is 1. The summed E-state index contributed by atoms with van der Waals surface area (Å²) in [6, 6.07) is 6.39. The van der Waals surface area contributed by atoms with Crippen LogP contribution in [-0.2, 0) is 0 Å². The number of fused-ring (bicyclic) bond motifs is 1. The molecule has 0 saturated carbocycles. The second-order valence-corrected chi connectivity index (χ2v) is 8.13. The van der Waals surface area contributed by atoms with Crippen LogP contribution in [0.1, 0.15) is 22.9 Å². The van der Waals surface area contributed by atoms with Crippen LogP contribution in [-0.4, -0.2) is 32.6 Å². The lowest BCUT2D eigenvalue weighted by Crippen LogP contribution is -2.25. The van der Waals surface area contributed by atoms with Gasteiger partial charge in [-0.15, -0.1) is 0 Å². The normalized spacial score (nSPS) is 15.0. The number of aromatic hydroxyl groups is 1. The Kier molecular flexibility index (Phi) is 5.59. The Hall–Kier alpha value is -2.39. The van der Waals surface area contributed by atoms with Crippen molar-refractivity contribution < 1.29 is 14.6 Å². The van der Waals surface area contributed by atoms with Gasteiger partial charge < -0.3 is 15.2 Å². The molecule has 0 amide bonds. The van der Waals surface area contributed by atoms with Gasteiger partial charge in [0.25, 0.3) is 0 Å². The molecule has 1 unspecified atom stereocenters. The van der Waals surface area contributed by atoms with E-state index < -0.39 is 30.0 Å². The van der Waals surface area contributed by atoms with Crippen molar-refractivity contribution in [1.29, 1.82) is 0 Å². The maximum absolute atomic E-state index is 13.9. The first kappa shape index (κ1) is 20.9. The van der Waals surface area contributed by atoms with Crippen LogP contribution in [0.5, 0.6) is 5.88 Å². The predicted molar refractivity (Wildman–Crippen MR) is 119 cm³/mol. The van der Waals surface area contributed by atoms with E-state index in [2.05, 4.69) is 25.9 Å². The molecule has 3 aromatic rings. The summed E-state index contributed by atoms with van der Waals surface area (Å²) in [4.78, 5) is 19.4. The van der Waals surface area contributed by atoms with E-state index in [1.54, 1.807) is 24.4 Å². The molecule has 1 aliphatic heterocycles. The van der Waals surface area contributed by atoms with Crippen molar-refractivity contribution in [1.82, 2.24) is 9.55 Å². The number of hydrogen-bond donors (Lipinski definition) is 3. The number of nitrogens with zero attached hydrogens (tertiary/aromatic N) is 2. The third-order valence-electron chi connectivity index (χ3n) is 4.76. The Balaban J connectivity index is 1.78. The Morgan fingerprint density at radius 3 is 2.70 bits per heavy atom. The zero-order valence-electron chi connectivity index (χ0n) is 15.0. The summed E-state index contributed by atoms with van der Waals surface area (Å²) in [5.41, 5.74) is 1.78. The molecule has 4 rings (SSSR count). The summed E-state index contributed by atoms with van der Waals surface area (Å²) >= 11 is 15.2. The average Bonchev–Trinajstić information content (AvgIpc) is 3.24. The van der Waals surface area contributed by atoms with Crippen LogP contribution < -0.4 is 5.69 Å². The second-order valence-electron chi connectivity index (χ2n) is 6.52. The molecule has 2 heterocycles. The van der Waals surface area contributed by atoms with Crippen LogP contribution in [0.15, 0.2) is 44.6 Å². The molecule has 0 aliphatic carbocycles. The average molecular weight is 513 g/mol. The van der Waals surface area contributed by atoms with Crippen molar-refractivity contribution in [2.24, 2.45) is 4.99 Å². The molecule has 6 nitrogen and oxygen atoms in total. The monoisotopic (exact) mass is 511 g/mol. The number of rotatable bonds is 4. The van der Waals surface area contributed by atoms with E-state index in [9.17, 15) is 19.4 Å². The third kappa shape index (κ3) is 3.50. The van der Waals surface area contributed by atoms with Gasteiger partial charge in [0.2, 0.25) is 5.88 Å². The first-order chi connectivity index (χ1) is 14.3. The lowest BCUT2D eigenvalue weighted by molar-refractivity contribution is 0.237. The van der Waals surface area contributed by atoms with E-state index in [-0.39, 0.29) is 16.3 Å². The molecule has 0 fully saturated rings. The maximum atomic E-state index is 13.9. The molecule has 0 saturated heterocycles. The van der Waals surface area contributed by atoms with Crippen molar-refractivity contribution >= 4 is 62.7 Å². The van der Waals surface area contributed by atoms with Gasteiger partial charge in [-0.2, -0.15) is 0 Å². The zero-order chi connectivity index (χ0) is 21.6. The van der Waals surface area contributed by atoms with Gasteiger partial charge in [-0.1, -0.05) is 35.3 Å². The fourth-order valence-electron chi connectivity index (χ4n) is 3.28. The summed E-state index contributed by atoms with van der Waals surface area (Å²) in [5.74, 6) is -1.10. The number of H-pyrrole nitrogens is 1. The van der Waals surface area contributed by atoms with E-state index in [1.165, 1.54) is 12.1 Å². The number of benzene rings is 2. The van der Waals surface area contributed by atoms with E-state index in [0.29, 0.717) is 20.8 Å². The molecule has 154 valence electrons. The number of hydrogen-bond acceptors (Lipinski definition) is 4. The molecule has 2 aromatic carbocycles. The van der Waals surface area contributed by atoms with Crippen LogP contribution in [0.2, 0.25) is 10.0 Å². The van der Waals surface area contributed by atoms with Crippen LogP contribution in [0.3, 0.4) is 0 Å². The number of aliphatic imine (C=N–C) groups is 1. The SMILES string of the molecule is O=c1[nH]c(/C=C2\C=Nc3c2ccc(Cl)c3Br)c(O)n1C(CO)c1ccc(Cl)c(F)c1. The zero-order valence-corrected chi connectivity index (χ0v) is 18.1. The fraction of sp³-hybridized carbons (Fsp3) is 0.100. The number of aliphatic hydroxyl groups excluding tert-OH is 1. The number of aliphatic hydroxyl groups is 1. The van der Waals surface area contributed by atoms with Gasteiger partial charge >= 0.3 is 5.69 Å². The number of imidazole rings is 1. The highest BCUT2D eigenvalue weighted by molar-refractivity contribution is 9.10. The molecule has 0 spiro atoms. The van der Waals surface area contributed by atoms with Gasteiger partial charge in [0.1, 0.15) is 11.5 Å². The lowest BCUT2D eigenvalue weighted by Gasteiger charge is -2.16. The number of aromatic amines is 1. The van der Waals surface area contributed by atoms with Crippen LogP contribution in [0, 0.1) is 5.82 Å². The second kappa shape index (κ2) is 8.03. The summed E-state index contributed by atoms with van der Waals surface area (Å²) in [7, 11) is 0. The van der Waals surface area contributed by atoms with E-state index in [1.807, 2.05) is 0 Å². The first-order valence-electron chi connectivity index (χ1n) is 8.65. The predicted octanol–water partition coefficient (Wildman–Crippen LogP) is 4.93. The van der Waals surface area contributed by atoms with Crippen LogP contribution in [0.4, 0.5) is 10.1 Å². The van der Waals surface area contributed by atoms with E-state index >= 15 is 0 Å². The molecule has 3 N–H and O–H groups in total. The van der Waals surface area contributed by atoms with Gasteiger partial charge in [0, 0.05) is 17.4 Å². The van der Waals surface area contributed by atoms with Crippen molar-refractivity contribution in [3.63, 3.8) is 0 Å². The molecular formula is C20H13BrCl2FN3O3. The summed E-state index contributed by atoms with van der Waals surface area (Å²) in [6.45, 7) is -0.544. The van der Waals surface area contributed by atoms with Gasteiger partial charge in [0.15, 0.2) is 0 Å². The Morgan fingerprint density at radius 1 is 1.27 bits per heavy atom. The van der Waals surface area contributed by atoms with Crippen LogP contribution in [0.25, 0.3) is 11.6 Å². The first-order valence-corrected chi connectivity index (χ1v) is 10.2. The van der Waals surface area contributed by atoms with Crippen LogP contribution >= 0.6 is 39.1 Å². The molecule has 30 heavy (non-hydrogen) atoms. The van der Waals surface area contributed by atoms with Crippen molar-refractivity contribution in [3.8, 4) is 5.88 Å². The highest BCUT2D eigenvalue weighted by Crippen LogP contribution is 2.42. The highest BCUT2D eigenvalue weighted by atomic mass is 79.9. The van der Waals surface area contributed by atoms with Crippen molar-refractivity contribution in [2.75, 3.05) is 6.61 Å². The third-order valence-corrected chi connectivity index (χ3v) is 6.41. The van der Waals surface area contributed by atoms with Gasteiger partial charge in [-0.05, 0) is 45.8 Å². The number of halogens is 4. The number of nitrogens with one attached hydrogen (secondary N) is 1. The Bertz CT molecular complexity index is 1280. The van der Waals surface area contributed by atoms with Gasteiger partial charge in [-0.3, -0.25) is 9.56 Å². The van der Waals surface area contributed by atoms with Gasteiger partial charge in [-0.25, -0.2) is 9.18 Å². The van der Waals surface area contributed by atoms with E-state index in [4.69, 9.17) is 23.2 Å². The molecule has 1 atom stereocenters. The van der Waals surface area contributed by atoms with E-state index in [0.717, 1.165) is 16.2 Å². The standard InChI is InChI=1S/C20H13BrCl2FN3O3/c21-17-13(23)4-2-11-10(7-25-18(11)17)6-15-19(29)27(20(30)26-15)16(8-28)9-1-3-12(22)14(24)5-9/h1-7,16,28-29H,8H2,(H,26,30)/b10-6+. The Labute approximate surface area is 188 Å². The minimum absolute atomic E-state index is 0.0862. The molecular weight excluding hydrogens is 500 g/mol. The topological polar surface area (TPSA) is 90.6 Å². The van der Waals surface area contributed by atoms with Crippen molar-refractivity contribution in [2.45, 2.75) is 6.04 Å². The summed E-state index contributed by atoms with van der Waals surface area (Å²) < 4.78 is 15.5. The molecule has 1 aromatic heterocycles. The quantitative estimate of drug-likeness (QED) is 0.463. The lowest BCUT2D eigenvalue weighted by atomic mass is 10.1. The van der Waals surface area contributed by atoms with Crippen molar-refractivity contribution in [3.05, 3.63) is 78.0 Å². The smallest absolute Gasteiger partial charge is 0.329 e. The summed E-state index contributed by atoms with van der Waals surface area (Å²) in [6.07, 6.45) is 3.14. The summed E-state index contributed by atoms with van der Waals surface area (Å²) in [5, 5.41) is 20.9. The molecule has 1 aliphatic rings. The fourth-order valence-corrected chi connectivity index (χ4v) is 3.99. The van der Waals surface area contributed by atoms with Gasteiger partial charge in [0.05, 0.1) is 32.9 Å². The highest BCUT2D eigenvalue weighted by Gasteiger charge is 2.24. The molecule has 0 radical (unpaired) electrons. The molecule has 10 heteroatoms. The Morgan fingerprint density at radius 2 is 2.00 bits per heavy atom. The maximum Gasteiger partial charge on any atom is 0.329 e. The minimum Gasteiger partial charge on any atom is -0.493 e. The molecule has 0 bridgehead atoms. The largest absolute Gasteiger partial charge is 0.493 e. The number of aromatic nitrogens is 2. The minimum atomic E-state index is -1.01.